The minimum absolute atomic E-state index is 0.00946. The molecule has 10 heteroatoms. The van der Waals surface area contributed by atoms with Crippen LogP contribution in [0.15, 0.2) is 36.4 Å². The Morgan fingerprint density at radius 3 is 2.45 bits per heavy atom. The van der Waals surface area contributed by atoms with Crippen LogP contribution in [0, 0.1) is 17.2 Å². The van der Waals surface area contributed by atoms with E-state index in [-0.39, 0.29) is 46.1 Å². The second-order valence-electron chi connectivity index (χ2n) is 13.0. The molecule has 0 bridgehead atoms. The topological polar surface area (TPSA) is 81.8 Å². The van der Waals surface area contributed by atoms with Gasteiger partial charge in [0.05, 0.1) is 11.1 Å². The van der Waals surface area contributed by atoms with Gasteiger partial charge in [-0.1, -0.05) is 62.2 Å². The molecule has 0 radical (unpaired) electrons. The number of hydrogen-bond acceptors (Lipinski definition) is 4. The van der Waals surface area contributed by atoms with E-state index in [1.165, 1.54) is 6.07 Å². The van der Waals surface area contributed by atoms with Gasteiger partial charge < -0.3 is 20.4 Å². The van der Waals surface area contributed by atoms with Gasteiger partial charge in [0.1, 0.15) is 11.2 Å². The molecule has 42 heavy (non-hydrogen) atoms. The highest BCUT2D eigenvalue weighted by Crippen LogP contribution is 2.57. The number of hydrogen-bond donors (Lipinski definition) is 2. The summed E-state index contributed by atoms with van der Waals surface area (Å²) < 4.78 is 15.9. The summed E-state index contributed by atoms with van der Waals surface area (Å²) in [6.45, 7) is 12.4. The Bertz CT molecular complexity index is 1400. The van der Waals surface area contributed by atoms with E-state index in [9.17, 15) is 14.4 Å². The van der Waals surface area contributed by atoms with E-state index in [0.29, 0.717) is 48.9 Å². The van der Waals surface area contributed by atoms with Gasteiger partial charge in [-0.25, -0.2) is 9.18 Å². The van der Waals surface area contributed by atoms with Gasteiger partial charge in [0.15, 0.2) is 5.78 Å². The molecule has 0 aromatic heterocycles. The van der Waals surface area contributed by atoms with Gasteiger partial charge in [0, 0.05) is 61.2 Å². The van der Waals surface area contributed by atoms with Crippen LogP contribution < -0.4 is 10.6 Å². The summed E-state index contributed by atoms with van der Waals surface area (Å²) in [5.74, 6) is -1.89. The molecule has 226 valence electrons. The van der Waals surface area contributed by atoms with Gasteiger partial charge in [0.25, 0.3) is 0 Å². The Hall–Kier alpha value is -2.68. The Labute approximate surface area is 257 Å². The summed E-state index contributed by atoms with van der Waals surface area (Å²) in [4.78, 5) is 44.7. The van der Waals surface area contributed by atoms with Gasteiger partial charge in [-0.2, -0.15) is 0 Å². The normalized spacial score (nSPS) is 25.4. The number of Topliss-reactive ketones (excluding diaryl/α,β-unsaturated/α-hetero) is 1. The lowest BCUT2D eigenvalue weighted by Gasteiger charge is -2.42. The number of nitrogens with zero attached hydrogens (tertiary/aromatic N) is 2. The number of likely N-dealkylation sites (tertiary alicyclic amines) is 1. The summed E-state index contributed by atoms with van der Waals surface area (Å²) >= 11 is 12.6. The number of halogens is 3. The number of ketones is 1. The van der Waals surface area contributed by atoms with E-state index in [1.54, 1.807) is 34.1 Å². The first-order chi connectivity index (χ1) is 19.8. The van der Waals surface area contributed by atoms with Crippen molar-refractivity contribution in [3.05, 3.63) is 63.4 Å². The van der Waals surface area contributed by atoms with E-state index < -0.39 is 29.2 Å². The van der Waals surface area contributed by atoms with Crippen molar-refractivity contribution in [1.29, 1.82) is 0 Å². The van der Waals surface area contributed by atoms with Gasteiger partial charge in [-0.3, -0.25) is 9.59 Å². The van der Waals surface area contributed by atoms with Gasteiger partial charge in [-0.15, -0.1) is 0 Å². The molecule has 0 saturated carbocycles. The molecular formula is C32H39Cl2FN4O3. The highest BCUT2D eigenvalue weighted by molar-refractivity contribution is 6.31. The molecule has 1 spiro atoms. The summed E-state index contributed by atoms with van der Waals surface area (Å²) in [6, 6.07) is 8.67. The Morgan fingerprint density at radius 2 is 1.81 bits per heavy atom. The Morgan fingerprint density at radius 1 is 1.12 bits per heavy atom. The van der Waals surface area contributed by atoms with Crippen molar-refractivity contribution in [1.82, 2.24) is 15.1 Å². The molecule has 5 rings (SSSR count). The highest BCUT2D eigenvalue weighted by Gasteiger charge is 2.66. The van der Waals surface area contributed by atoms with Crippen molar-refractivity contribution in [2.75, 3.05) is 31.5 Å². The fourth-order valence-corrected chi connectivity index (χ4v) is 7.52. The zero-order valence-electron chi connectivity index (χ0n) is 24.8. The molecule has 4 atom stereocenters. The number of carbonyl (C=O) groups excluding carboxylic acids is 3. The molecular weight excluding hydrogens is 578 g/mol. The lowest BCUT2D eigenvalue weighted by atomic mass is 9.62. The van der Waals surface area contributed by atoms with Crippen LogP contribution in [0.5, 0.6) is 0 Å². The van der Waals surface area contributed by atoms with E-state index in [1.807, 2.05) is 19.9 Å². The summed E-state index contributed by atoms with van der Waals surface area (Å²) in [5.41, 5.74) is 0.00367. The van der Waals surface area contributed by atoms with Crippen LogP contribution in [0.3, 0.4) is 0 Å². The van der Waals surface area contributed by atoms with Crippen LogP contribution >= 0.6 is 23.2 Å². The minimum Gasteiger partial charge on any atom is -0.325 e. The molecule has 3 amide bonds. The molecule has 3 aliphatic rings. The largest absolute Gasteiger partial charge is 0.325 e. The van der Waals surface area contributed by atoms with Crippen molar-refractivity contribution in [2.45, 2.75) is 70.9 Å². The molecule has 3 heterocycles. The smallest absolute Gasteiger partial charge is 0.319 e. The average molecular weight is 618 g/mol. The van der Waals surface area contributed by atoms with E-state index in [2.05, 4.69) is 31.4 Å². The van der Waals surface area contributed by atoms with Gasteiger partial charge in [0.2, 0.25) is 5.91 Å². The quantitative estimate of drug-likeness (QED) is 0.386. The summed E-state index contributed by atoms with van der Waals surface area (Å²) in [7, 11) is 0. The molecule has 2 saturated heterocycles. The van der Waals surface area contributed by atoms with Crippen molar-refractivity contribution in [3.8, 4) is 0 Å². The molecule has 2 N–H and O–H groups in total. The zero-order valence-corrected chi connectivity index (χ0v) is 26.3. The first kappa shape index (κ1) is 30.8. The number of urea groups is 1. The van der Waals surface area contributed by atoms with Crippen molar-refractivity contribution >= 4 is 46.6 Å². The predicted octanol–water partition coefficient (Wildman–Crippen LogP) is 6.24. The third kappa shape index (κ3) is 5.20. The minimum atomic E-state index is -1.27. The van der Waals surface area contributed by atoms with Crippen LogP contribution in [-0.2, 0) is 15.0 Å². The van der Waals surface area contributed by atoms with Crippen molar-refractivity contribution in [3.63, 3.8) is 0 Å². The number of amides is 3. The Kier molecular flexibility index (Phi) is 8.38. The van der Waals surface area contributed by atoms with Gasteiger partial charge >= 0.3 is 6.03 Å². The third-order valence-electron chi connectivity index (χ3n) is 9.04. The lowest BCUT2D eigenvalue weighted by molar-refractivity contribution is -0.123. The van der Waals surface area contributed by atoms with Crippen molar-refractivity contribution < 1.29 is 18.8 Å². The zero-order chi connectivity index (χ0) is 30.6. The standard InChI is InChI=1S/C32H39Cl2FN4O3/c1-6-38(7-2)30(42)39-16-18(17-39)13-24(40)28-26(20-9-8-10-22(34)27(20)35)32(25(37-28)15-31(3,4)5)21-12-11-19(33)14-23(21)36-29(32)41/h8-12,14,18,25-26,28,37H,6-7,13,15-17H2,1-5H3,(H,36,41)/t25-,26+,28+,32+/m1/s1. The van der Waals surface area contributed by atoms with Crippen LogP contribution in [0.2, 0.25) is 10.0 Å². The number of nitrogens with one attached hydrogen (secondary N) is 2. The second kappa shape index (κ2) is 11.4. The Balaban J connectivity index is 1.55. The van der Waals surface area contributed by atoms with Crippen LogP contribution in [0.1, 0.15) is 64.5 Å². The third-order valence-corrected chi connectivity index (χ3v) is 9.56. The number of rotatable bonds is 7. The molecule has 2 aromatic carbocycles. The molecule has 7 nitrogen and oxygen atoms in total. The maximum Gasteiger partial charge on any atom is 0.319 e. The first-order valence-electron chi connectivity index (χ1n) is 14.7. The second-order valence-corrected chi connectivity index (χ2v) is 13.8. The number of carbonyl (C=O) groups is 3. The van der Waals surface area contributed by atoms with Gasteiger partial charge in [-0.05, 0) is 55.0 Å². The molecule has 3 aliphatic heterocycles. The highest BCUT2D eigenvalue weighted by atomic mass is 35.5. The number of fused-ring (bicyclic) bond motifs is 2. The maximum atomic E-state index is 15.9. The molecule has 2 fully saturated rings. The molecule has 0 aliphatic carbocycles. The fraction of sp³-hybridized carbons (Fsp3) is 0.531. The molecule has 0 unspecified atom stereocenters. The van der Waals surface area contributed by atoms with Crippen LogP contribution in [0.4, 0.5) is 14.9 Å². The van der Waals surface area contributed by atoms with Crippen molar-refractivity contribution in [2.24, 2.45) is 11.3 Å². The lowest BCUT2D eigenvalue weighted by Crippen LogP contribution is -2.56. The van der Waals surface area contributed by atoms with E-state index >= 15 is 4.39 Å². The SMILES string of the molecule is CCN(CC)C(=O)N1CC(CC(=O)[C@@H]2N[C@H](CC(C)(C)C)[C@]3(C(=O)Nc4cc(Cl)ccc43)[C@H]2c2cccc(Cl)c2F)C1. The first-order valence-corrected chi connectivity index (χ1v) is 15.4. The van der Waals surface area contributed by atoms with E-state index in [4.69, 9.17) is 23.2 Å². The fourth-order valence-electron chi connectivity index (χ4n) is 7.16. The monoisotopic (exact) mass is 616 g/mol. The van der Waals surface area contributed by atoms with Crippen LogP contribution in [0.25, 0.3) is 0 Å². The van der Waals surface area contributed by atoms with Crippen LogP contribution in [-0.4, -0.2) is 65.8 Å². The molecule has 2 aromatic rings. The van der Waals surface area contributed by atoms with E-state index in [0.717, 1.165) is 0 Å². The summed E-state index contributed by atoms with van der Waals surface area (Å²) in [5, 5.41) is 6.95. The predicted molar refractivity (Wildman–Crippen MR) is 164 cm³/mol. The average Bonchev–Trinajstić information content (AvgIpc) is 3.37. The number of anilines is 1. The maximum absolute atomic E-state index is 15.9. The number of benzene rings is 2. The summed E-state index contributed by atoms with van der Waals surface area (Å²) in [6.07, 6.45) is 0.770.